The zero-order valence-corrected chi connectivity index (χ0v) is 29.6. The molecule has 4 rings (SSSR count). The Balaban J connectivity index is 1.32. The highest BCUT2D eigenvalue weighted by atomic mass is 28.4. The molecule has 0 saturated heterocycles. The number of aliphatic carboxylic acids is 1. The maximum Gasteiger partial charge on any atom is 0.303 e. The summed E-state index contributed by atoms with van der Waals surface area (Å²) in [7, 11) is -1.62. The lowest BCUT2D eigenvalue weighted by Gasteiger charge is -2.62. The summed E-state index contributed by atoms with van der Waals surface area (Å²) in [6.45, 7) is 19.8. The number of rotatable bonds is 13. The molecule has 0 spiro atoms. The predicted molar refractivity (Wildman–Crippen MR) is 176 cm³/mol. The van der Waals surface area contributed by atoms with Crippen molar-refractivity contribution in [3.05, 3.63) is 11.6 Å². The molecule has 3 fully saturated rings. The lowest BCUT2D eigenvalue weighted by atomic mass is 9.43. The first-order valence-electron chi connectivity index (χ1n) is 17.6. The number of ketones is 1. The molecule has 42 heavy (non-hydrogen) atoms. The molecule has 4 nitrogen and oxygen atoms in total. The lowest BCUT2D eigenvalue weighted by Crippen LogP contribution is -2.55. The second kappa shape index (κ2) is 12.8. The highest BCUT2D eigenvalue weighted by Crippen LogP contribution is 2.71. The van der Waals surface area contributed by atoms with Crippen molar-refractivity contribution < 1.29 is 19.1 Å². The van der Waals surface area contributed by atoms with E-state index in [0.717, 1.165) is 32.3 Å². The van der Waals surface area contributed by atoms with Crippen molar-refractivity contribution in [1.29, 1.82) is 0 Å². The molecule has 0 heterocycles. The van der Waals surface area contributed by atoms with Gasteiger partial charge in [0, 0.05) is 13.0 Å². The molecule has 240 valence electrons. The zero-order valence-electron chi connectivity index (χ0n) is 28.6. The summed E-state index contributed by atoms with van der Waals surface area (Å²) >= 11 is 0. The van der Waals surface area contributed by atoms with Gasteiger partial charge in [-0.3, -0.25) is 9.59 Å². The minimum Gasteiger partial charge on any atom is -0.481 e. The van der Waals surface area contributed by atoms with Crippen molar-refractivity contribution >= 4 is 20.1 Å². The third-order valence-electron chi connectivity index (χ3n) is 13.9. The van der Waals surface area contributed by atoms with Gasteiger partial charge in [0.1, 0.15) is 0 Å². The SMILES string of the molecule is CC(C)(C)[Si](C)(C)OCCCCCCCCC[C@@H]1CC2=CC(=O)CC[C@]2(C)[C@H]2CC[C@@]3(C)[C@@H](CC[C@]3(C)CC(=O)O)[C@H]12. The zero-order chi connectivity index (χ0) is 31.0. The van der Waals surface area contributed by atoms with Crippen molar-refractivity contribution in [2.24, 2.45) is 39.9 Å². The van der Waals surface area contributed by atoms with Gasteiger partial charge in [0.25, 0.3) is 0 Å². The van der Waals surface area contributed by atoms with E-state index in [1.807, 2.05) is 0 Å². The van der Waals surface area contributed by atoms with Crippen molar-refractivity contribution in [3.8, 4) is 0 Å². The number of allylic oxidation sites excluding steroid dienone is 1. The highest BCUT2D eigenvalue weighted by Gasteiger charge is 2.64. The van der Waals surface area contributed by atoms with Crippen LogP contribution in [0.3, 0.4) is 0 Å². The van der Waals surface area contributed by atoms with Crippen molar-refractivity contribution in [2.45, 2.75) is 162 Å². The van der Waals surface area contributed by atoms with Crippen molar-refractivity contribution in [1.82, 2.24) is 0 Å². The van der Waals surface area contributed by atoms with Crippen LogP contribution in [-0.2, 0) is 14.0 Å². The first-order valence-corrected chi connectivity index (χ1v) is 20.5. The molecule has 0 aromatic carbocycles. The second-order valence-corrected chi connectivity index (χ2v) is 22.1. The minimum atomic E-state index is -1.62. The van der Waals surface area contributed by atoms with Gasteiger partial charge in [0.05, 0.1) is 6.42 Å². The van der Waals surface area contributed by atoms with Crippen LogP contribution >= 0.6 is 0 Å². The Bertz CT molecular complexity index is 1010. The van der Waals surface area contributed by atoms with Gasteiger partial charge in [-0.25, -0.2) is 0 Å². The molecule has 0 radical (unpaired) electrons. The van der Waals surface area contributed by atoms with E-state index in [0.29, 0.717) is 47.3 Å². The van der Waals surface area contributed by atoms with Gasteiger partial charge in [-0.1, -0.05) is 85.6 Å². The van der Waals surface area contributed by atoms with Crippen LogP contribution in [0, 0.1) is 39.9 Å². The molecule has 4 aliphatic carbocycles. The van der Waals surface area contributed by atoms with E-state index in [4.69, 9.17) is 4.43 Å². The van der Waals surface area contributed by atoms with Crippen LogP contribution in [0.2, 0.25) is 18.1 Å². The standard InChI is InChI=1S/C37H64O4Si/c1-34(2,3)42(7,8)41-23-15-13-11-9-10-12-14-16-27-24-28-25-29(38)17-21-36(28,5)30-19-22-37(6)31(33(27)30)18-20-35(37,4)26-32(39)40/h25,27,30-31,33H,9-24,26H2,1-8H3,(H,39,40)/t27-,30+,31+,33-,35-,36+,37+/m1/s1. The molecule has 3 saturated carbocycles. The van der Waals surface area contributed by atoms with E-state index in [1.54, 1.807) is 0 Å². The molecular weight excluding hydrogens is 536 g/mol. The number of fused-ring (bicyclic) bond motifs is 5. The molecular formula is C37H64O4Si. The smallest absolute Gasteiger partial charge is 0.303 e. The number of hydrogen-bond donors (Lipinski definition) is 1. The van der Waals surface area contributed by atoms with E-state index in [2.05, 4.69) is 60.7 Å². The highest BCUT2D eigenvalue weighted by molar-refractivity contribution is 6.74. The lowest BCUT2D eigenvalue weighted by molar-refractivity contribution is -0.145. The third kappa shape index (κ3) is 6.68. The van der Waals surface area contributed by atoms with E-state index >= 15 is 0 Å². The Morgan fingerprint density at radius 2 is 1.57 bits per heavy atom. The Hall–Kier alpha value is -0.943. The molecule has 0 aliphatic heterocycles. The maximum atomic E-state index is 12.5. The average molecular weight is 601 g/mol. The summed E-state index contributed by atoms with van der Waals surface area (Å²) < 4.78 is 6.35. The molecule has 0 amide bonds. The van der Waals surface area contributed by atoms with Gasteiger partial charge in [-0.15, -0.1) is 0 Å². The van der Waals surface area contributed by atoms with E-state index in [9.17, 15) is 14.7 Å². The number of carboxylic acid groups (broad SMARTS) is 1. The Kier molecular flexibility index (Phi) is 10.4. The van der Waals surface area contributed by atoms with Crippen LogP contribution in [0.4, 0.5) is 0 Å². The van der Waals surface area contributed by atoms with Crippen molar-refractivity contribution in [3.63, 3.8) is 0 Å². The summed E-state index contributed by atoms with van der Waals surface area (Å²) in [5.41, 5.74) is 1.63. The van der Waals surface area contributed by atoms with Gasteiger partial charge in [-0.2, -0.15) is 0 Å². The number of carbonyl (C=O) groups is 2. The van der Waals surface area contributed by atoms with Crippen LogP contribution in [0.1, 0.15) is 144 Å². The molecule has 0 aromatic heterocycles. The first-order chi connectivity index (χ1) is 19.5. The van der Waals surface area contributed by atoms with Crippen LogP contribution in [0.15, 0.2) is 11.6 Å². The van der Waals surface area contributed by atoms with Crippen LogP contribution in [-0.4, -0.2) is 31.8 Å². The quantitative estimate of drug-likeness (QED) is 0.169. The monoisotopic (exact) mass is 600 g/mol. The predicted octanol–water partition coefficient (Wildman–Crippen LogP) is 10.4. The minimum absolute atomic E-state index is 0.103. The molecule has 7 atom stereocenters. The molecule has 4 aliphatic rings. The fourth-order valence-electron chi connectivity index (χ4n) is 9.92. The maximum absolute atomic E-state index is 12.5. The fraction of sp³-hybridized carbons (Fsp3) is 0.892. The van der Waals surface area contributed by atoms with Gasteiger partial charge >= 0.3 is 5.97 Å². The van der Waals surface area contributed by atoms with Crippen LogP contribution in [0.5, 0.6) is 0 Å². The molecule has 0 unspecified atom stereocenters. The fourth-order valence-corrected chi connectivity index (χ4v) is 11.0. The number of carboxylic acids is 1. The van der Waals surface area contributed by atoms with E-state index in [-0.39, 0.29) is 16.2 Å². The Morgan fingerprint density at radius 1 is 0.952 bits per heavy atom. The largest absolute Gasteiger partial charge is 0.481 e. The normalized spacial score (nSPS) is 36.7. The number of carbonyl (C=O) groups excluding carboxylic acids is 1. The molecule has 0 aromatic rings. The Morgan fingerprint density at radius 3 is 2.21 bits per heavy atom. The van der Waals surface area contributed by atoms with Gasteiger partial charge in [0.2, 0.25) is 0 Å². The van der Waals surface area contributed by atoms with Crippen LogP contribution < -0.4 is 0 Å². The molecule has 0 bridgehead atoms. The summed E-state index contributed by atoms with van der Waals surface area (Å²) in [6.07, 6.45) is 20.0. The van der Waals surface area contributed by atoms with Gasteiger partial charge < -0.3 is 9.53 Å². The molecule has 1 N–H and O–H groups in total. The van der Waals surface area contributed by atoms with E-state index < -0.39 is 14.3 Å². The van der Waals surface area contributed by atoms with Gasteiger partial charge in [0.15, 0.2) is 14.1 Å². The van der Waals surface area contributed by atoms with E-state index in [1.165, 1.54) is 69.8 Å². The first kappa shape index (κ1) is 33.9. The van der Waals surface area contributed by atoms with Crippen molar-refractivity contribution in [2.75, 3.05) is 6.61 Å². The average Bonchev–Trinajstić information content (AvgIpc) is 3.14. The summed E-state index contributed by atoms with van der Waals surface area (Å²) in [5, 5.41) is 10.1. The number of unbranched alkanes of at least 4 members (excludes halogenated alkanes) is 6. The third-order valence-corrected chi connectivity index (χ3v) is 18.5. The Labute approximate surface area is 259 Å². The number of hydrogen-bond acceptors (Lipinski definition) is 3. The summed E-state index contributed by atoms with van der Waals surface area (Å²) in [6, 6.07) is 0. The molecule has 5 heteroatoms. The van der Waals surface area contributed by atoms with Crippen LogP contribution in [0.25, 0.3) is 0 Å². The van der Waals surface area contributed by atoms with Gasteiger partial charge in [-0.05, 0) is 115 Å². The summed E-state index contributed by atoms with van der Waals surface area (Å²) in [5.74, 6) is 2.29. The topological polar surface area (TPSA) is 63.6 Å². The second-order valence-electron chi connectivity index (χ2n) is 17.3. The summed E-state index contributed by atoms with van der Waals surface area (Å²) in [4.78, 5) is 24.5.